The summed E-state index contributed by atoms with van der Waals surface area (Å²) in [6.07, 6.45) is 0.534. The zero-order valence-electron chi connectivity index (χ0n) is 14.7. The minimum Gasteiger partial charge on any atom is -0.493 e. The van der Waals surface area contributed by atoms with E-state index < -0.39 is 15.8 Å². The number of methoxy groups -OCH3 is 2. The number of benzene rings is 2. The number of fused-ring (bicyclic) bond motifs is 1. The van der Waals surface area contributed by atoms with Crippen LogP contribution in [0.15, 0.2) is 29.2 Å². The molecule has 1 heterocycles. The Labute approximate surface area is 157 Å². The first-order valence-electron chi connectivity index (χ1n) is 7.97. The number of aryl methyl sites for hydroxylation is 1. The van der Waals surface area contributed by atoms with Gasteiger partial charge in [0.2, 0.25) is 10.0 Å². The van der Waals surface area contributed by atoms with E-state index >= 15 is 0 Å². The lowest BCUT2D eigenvalue weighted by Gasteiger charge is -2.29. The van der Waals surface area contributed by atoms with Crippen LogP contribution in [-0.4, -0.2) is 33.5 Å². The largest absolute Gasteiger partial charge is 0.493 e. The summed E-state index contributed by atoms with van der Waals surface area (Å²) < 4.78 is 51.6. The molecule has 0 aromatic heterocycles. The van der Waals surface area contributed by atoms with Gasteiger partial charge in [-0.25, -0.2) is 12.8 Å². The molecule has 0 bridgehead atoms. The summed E-state index contributed by atoms with van der Waals surface area (Å²) in [7, 11) is -0.759. The van der Waals surface area contributed by atoms with E-state index in [1.165, 1.54) is 24.4 Å². The maximum Gasteiger partial charge on any atom is 0.244 e. The van der Waals surface area contributed by atoms with Gasteiger partial charge in [-0.15, -0.1) is 0 Å². The van der Waals surface area contributed by atoms with E-state index in [1.54, 1.807) is 13.2 Å². The van der Waals surface area contributed by atoms with E-state index in [2.05, 4.69) is 0 Å². The van der Waals surface area contributed by atoms with Crippen molar-refractivity contribution in [2.24, 2.45) is 0 Å². The highest BCUT2D eigenvalue weighted by Gasteiger charge is 2.31. The second kappa shape index (κ2) is 7.06. The smallest absolute Gasteiger partial charge is 0.244 e. The Balaban J connectivity index is 1.99. The topological polar surface area (TPSA) is 55.8 Å². The molecule has 0 radical (unpaired) electrons. The summed E-state index contributed by atoms with van der Waals surface area (Å²) in [6.45, 7) is 2.00. The van der Waals surface area contributed by atoms with Gasteiger partial charge in [-0.1, -0.05) is 11.6 Å². The van der Waals surface area contributed by atoms with Crippen molar-refractivity contribution in [3.63, 3.8) is 0 Å². The van der Waals surface area contributed by atoms with Crippen molar-refractivity contribution in [1.29, 1.82) is 0 Å². The van der Waals surface area contributed by atoms with Crippen LogP contribution in [0.4, 0.5) is 4.39 Å². The van der Waals surface area contributed by atoms with E-state index in [1.807, 2.05) is 6.07 Å². The molecule has 0 amide bonds. The third-order valence-corrected chi connectivity index (χ3v) is 6.82. The molecule has 0 aliphatic carbocycles. The fourth-order valence-electron chi connectivity index (χ4n) is 3.03. The van der Waals surface area contributed by atoms with Gasteiger partial charge in [-0.2, -0.15) is 4.31 Å². The van der Waals surface area contributed by atoms with E-state index in [0.29, 0.717) is 24.5 Å². The molecule has 8 heteroatoms. The van der Waals surface area contributed by atoms with E-state index in [9.17, 15) is 12.8 Å². The van der Waals surface area contributed by atoms with Gasteiger partial charge in [-0.05, 0) is 54.3 Å². The summed E-state index contributed by atoms with van der Waals surface area (Å²) in [5, 5.41) is -0.119. The fraction of sp³-hybridized carbons (Fsp3) is 0.333. The lowest BCUT2D eigenvalue weighted by Crippen LogP contribution is -2.36. The lowest BCUT2D eigenvalue weighted by molar-refractivity contribution is 0.348. The number of ether oxygens (including phenoxy) is 2. The summed E-state index contributed by atoms with van der Waals surface area (Å²) >= 11 is 6.01. The van der Waals surface area contributed by atoms with Crippen molar-refractivity contribution in [3.05, 3.63) is 51.8 Å². The molecule has 0 unspecified atom stereocenters. The zero-order valence-corrected chi connectivity index (χ0v) is 16.2. The van der Waals surface area contributed by atoms with Gasteiger partial charge in [0.15, 0.2) is 11.5 Å². The first-order valence-corrected chi connectivity index (χ1v) is 9.79. The molecule has 1 aliphatic heterocycles. The molecule has 0 fully saturated rings. The molecule has 0 N–H and O–H groups in total. The lowest BCUT2D eigenvalue weighted by atomic mass is 10.0. The van der Waals surface area contributed by atoms with E-state index in [4.69, 9.17) is 21.1 Å². The number of rotatable bonds is 4. The number of hydrogen-bond donors (Lipinski definition) is 0. The van der Waals surface area contributed by atoms with Crippen molar-refractivity contribution >= 4 is 21.6 Å². The molecule has 0 spiro atoms. The second-order valence-electron chi connectivity index (χ2n) is 6.10. The van der Waals surface area contributed by atoms with Crippen molar-refractivity contribution < 1.29 is 22.3 Å². The van der Waals surface area contributed by atoms with Gasteiger partial charge < -0.3 is 9.47 Å². The Kier molecular flexibility index (Phi) is 5.14. The van der Waals surface area contributed by atoms with Gasteiger partial charge in [0.05, 0.1) is 19.2 Å². The second-order valence-corrected chi connectivity index (χ2v) is 8.41. The molecule has 2 aromatic rings. The van der Waals surface area contributed by atoms with Gasteiger partial charge >= 0.3 is 0 Å². The summed E-state index contributed by atoms with van der Waals surface area (Å²) in [4.78, 5) is -0.0815. The van der Waals surface area contributed by atoms with Crippen LogP contribution in [0.3, 0.4) is 0 Å². The molecule has 2 aromatic carbocycles. The predicted molar refractivity (Wildman–Crippen MR) is 97.0 cm³/mol. The summed E-state index contributed by atoms with van der Waals surface area (Å²) in [5.74, 6) is 0.621. The molecular formula is C18H19ClFNO4S. The van der Waals surface area contributed by atoms with Crippen LogP contribution in [0.5, 0.6) is 11.5 Å². The first-order chi connectivity index (χ1) is 12.3. The molecule has 140 valence electrons. The molecular weight excluding hydrogens is 381 g/mol. The van der Waals surface area contributed by atoms with Crippen LogP contribution in [0.2, 0.25) is 5.02 Å². The summed E-state index contributed by atoms with van der Waals surface area (Å²) in [5.41, 5.74) is 2.08. The maximum absolute atomic E-state index is 13.6. The van der Waals surface area contributed by atoms with Crippen LogP contribution in [-0.2, 0) is 23.0 Å². The van der Waals surface area contributed by atoms with Crippen molar-refractivity contribution in [2.75, 3.05) is 20.8 Å². The minimum absolute atomic E-state index is 0.0815. The Hall–Kier alpha value is -1.83. The van der Waals surface area contributed by atoms with Crippen LogP contribution in [0.25, 0.3) is 0 Å². The number of halogens is 2. The van der Waals surface area contributed by atoms with E-state index in [0.717, 1.165) is 17.2 Å². The van der Waals surface area contributed by atoms with Crippen LogP contribution in [0, 0.1) is 12.7 Å². The number of nitrogens with zero attached hydrogens (tertiary/aromatic N) is 1. The molecule has 5 nitrogen and oxygen atoms in total. The van der Waals surface area contributed by atoms with Crippen LogP contribution in [0.1, 0.15) is 16.7 Å². The third kappa shape index (κ3) is 3.26. The Bertz CT molecular complexity index is 962. The average molecular weight is 400 g/mol. The van der Waals surface area contributed by atoms with E-state index in [-0.39, 0.29) is 22.0 Å². The Morgan fingerprint density at radius 1 is 1.08 bits per heavy atom. The molecule has 1 aliphatic rings. The SMILES string of the molecule is COc1cc2c(cc1OC)CN(S(=O)(=O)c1cc(C)c(F)cc1Cl)CC2. The maximum atomic E-state index is 13.6. The van der Waals surface area contributed by atoms with Gasteiger partial charge in [0.1, 0.15) is 10.7 Å². The molecule has 0 saturated carbocycles. The van der Waals surface area contributed by atoms with Gasteiger partial charge in [-0.3, -0.25) is 0 Å². The third-order valence-electron chi connectivity index (χ3n) is 4.51. The van der Waals surface area contributed by atoms with Crippen molar-refractivity contribution in [2.45, 2.75) is 24.8 Å². The number of hydrogen-bond acceptors (Lipinski definition) is 4. The highest BCUT2D eigenvalue weighted by atomic mass is 35.5. The molecule has 26 heavy (non-hydrogen) atoms. The monoisotopic (exact) mass is 399 g/mol. The van der Waals surface area contributed by atoms with Gasteiger partial charge in [0, 0.05) is 13.1 Å². The highest BCUT2D eigenvalue weighted by Crippen LogP contribution is 2.35. The molecule has 0 atom stereocenters. The normalized spacial score (nSPS) is 14.8. The highest BCUT2D eigenvalue weighted by molar-refractivity contribution is 7.89. The predicted octanol–water partition coefficient (Wildman–Crippen LogP) is 3.55. The minimum atomic E-state index is -3.85. The summed E-state index contributed by atoms with van der Waals surface area (Å²) in [6, 6.07) is 5.97. The Morgan fingerprint density at radius 3 is 2.31 bits per heavy atom. The number of sulfonamides is 1. The standard InChI is InChI=1S/C18H19ClFNO4S/c1-11-6-18(14(19)9-15(11)20)26(22,23)21-5-4-12-7-16(24-2)17(25-3)8-13(12)10-21/h6-9H,4-5,10H2,1-3H3. The quantitative estimate of drug-likeness (QED) is 0.788. The molecule has 0 saturated heterocycles. The molecule has 3 rings (SSSR count). The van der Waals surface area contributed by atoms with Crippen LogP contribution >= 0.6 is 11.6 Å². The fourth-order valence-corrected chi connectivity index (χ4v) is 5.02. The first kappa shape index (κ1) is 18.9. The van der Waals surface area contributed by atoms with Gasteiger partial charge in [0.25, 0.3) is 0 Å². The van der Waals surface area contributed by atoms with Crippen molar-refractivity contribution in [3.8, 4) is 11.5 Å². The zero-order chi connectivity index (χ0) is 19.1. The van der Waals surface area contributed by atoms with Crippen molar-refractivity contribution in [1.82, 2.24) is 4.31 Å². The Morgan fingerprint density at radius 2 is 1.69 bits per heavy atom. The van der Waals surface area contributed by atoms with Crippen LogP contribution < -0.4 is 9.47 Å². The average Bonchev–Trinajstić information content (AvgIpc) is 2.62.